The zero-order valence-corrected chi connectivity index (χ0v) is 15.6. The van der Waals surface area contributed by atoms with Crippen LogP contribution in [0.15, 0.2) is 79.0 Å². The Morgan fingerprint density at radius 1 is 0.964 bits per heavy atom. The summed E-state index contributed by atoms with van der Waals surface area (Å²) in [5.74, 6) is -0.353. The first-order valence-corrected chi connectivity index (χ1v) is 9.42. The van der Waals surface area contributed by atoms with Gasteiger partial charge in [0.1, 0.15) is 0 Å². The van der Waals surface area contributed by atoms with Crippen LogP contribution in [0, 0.1) is 0 Å². The van der Waals surface area contributed by atoms with Crippen LogP contribution in [-0.4, -0.2) is 16.0 Å². The molecule has 28 heavy (non-hydrogen) atoms. The Morgan fingerprint density at radius 3 is 2.54 bits per heavy atom. The number of carbonyl (C=O) groups is 1. The molecule has 4 nitrogen and oxygen atoms in total. The van der Waals surface area contributed by atoms with E-state index in [9.17, 15) is 9.90 Å². The molecule has 2 N–H and O–H groups in total. The normalized spacial score (nSPS) is 18.6. The van der Waals surface area contributed by atoms with Gasteiger partial charge in [0, 0.05) is 33.2 Å². The third-order valence-corrected chi connectivity index (χ3v) is 5.59. The summed E-state index contributed by atoms with van der Waals surface area (Å²) >= 11 is 6.09. The van der Waals surface area contributed by atoms with Gasteiger partial charge in [-0.25, -0.2) is 0 Å². The van der Waals surface area contributed by atoms with E-state index in [1.165, 1.54) is 0 Å². The zero-order valence-electron chi connectivity index (χ0n) is 14.9. The van der Waals surface area contributed by atoms with E-state index in [0.717, 1.165) is 22.2 Å². The standard InChI is InChI=1S/C23H17ClN2O2/c24-16-10-11-17-19(13-25-20(17)12-16)23(28)18-8-4-5-9-21(18)26(22(23)27)14-15-6-2-1-3-7-15/h1-13,25,28H,14H2/t23-/m0/s1. The first-order valence-electron chi connectivity index (χ1n) is 9.04. The van der Waals surface area contributed by atoms with Crippen LogP contribution in [0.3, 0.4) is 0 Å². The largest absolute Gasteiger partial charge is 0.372 e. The smallest absolute Gasteiger partial charge is 0.268 e. The molecule has 0 unspecified atom stereocenters. The number of rotatable bonds is 3. The molecule has 1 aliphatic rings. The van der Waals surface area contributed by atoms with Crippen LogP contribution in [-0.2, 0) is 16.9 Å². The fraction of sp³-hybridized carbons (Fsp3) is 0.0870. The molecule has 0 bridgehead atoms. The molecule has 1 aliphatic heterocycles. The minimum atomic E-state index is -1.75. The van der Waals surface area contributed by atoms with Crippen molar-refractivity contribution in [3.8, 4) is 0 Å². The molecule has 1 amide bonds. The van der Waals surface area contributed by atoms with Crippen LogP contribution in [0.25, 0.3) is 10.9 Å². The van der Waals surface area contributed by atoms with Crippen molar-refractivity contribution in [2.45, 2.75) is 12.1 Å². The molecule has 0 radical (unpaired) electrons. The summed E-state index contributed by atoms with van der Waals surface area (Å²) in [6.07, 6.45) is 1.70. The highest BCUT2D eigenvalue weighted by atomic mass is 35.5. The number of benzene rings is 3. The second kappa shape index (κ2) is 6.23. The number of aromatic amines is 1. The highest BCUT2D eigenvalue weighted by molar-refractivity contribution is 6.31. The first-order chi connectivity index (χ1) is 13.6. The van der Waals surface area contributed by atoms with E-state index in [0.29, 0.717) is 22.7 Å². The Morgan fingerprint density at radius 2 is 1.71 bits per heavy atom. The molecule has 5 rings (SSSR count). The number of nitrogens with zero attached hydrogens (tertiary/aromatic N) is 1. The minimum absolute atomic E-state index is 0.353. The van der Waals surface area contributed by atoms with Gasteiger partial charge in [0.2, 0.25) is 0 Å². The van der Waals surface area contributed by atoms with Gasteiger partial charge in [-0.15, -0.1) is 0 Å². The maximum atomic E-state index is 13.5. The van der Waals surface area contributed by atoms with E-state index in [1.54, 1.807) is 23.2 Å². The molecule has 0 spiro atoms. The number of aromatic nitrogens is 1. The lowest BCUT2D eigenvalue weighted by Crippen LogP contribution is -2.40. The number of H-pyrrole nitrogens is 1. The molecule has 2 heterocycles. The van der Waals surface area contributed by atoms with Gasteiger partial charge in [-0.05, 0) is 23.8 Å². The van der Waals surface area contributed by atoms with Crippen LogP contribution in [0.1, 0.15) is 16.7 Å². The SMILES string of the molecule is O=C1N(Cc2ccccc2)c2ccccc2[C@]1(O)c1c[nH]c2cc(Cl)ccc12. The second-order valence-corrected chi connectivity index (χ2v) is 7.43. The van der Waals surface area contributed by atoms with Gasteiger partial charge in [-0.2, -0.15) is 0 Å². The quantitative estimate of drug-likeness (QED) is 0.538. The Labute approximate surface area is 167 Å². The molecule has 4 aromatic rings. The molecular weight excluding hydrogens is 372 g/mol. The van der Waals surface area contributed by atoms with Gasteiger partial charge in [0.25, 0.3) is 5.91 Å². The van der Waals surface area contributed by atoms with E-state index in [-0.39, 0.29) is 5.91 Å². The van der Waals surface area contributed by atoms with Gasteiger partial charge in [0.15, 0.2) is 5.60 Å². The number of nitrogens with one attached hydrogen (secondary N) is 1. The van der Waals surface area contributed by atoms with E-state index < -0.39 is 5.60 Å². The Hall–Kier alpha value is -3.08. The predicted octanol–water partition coefficient (Wildman–Crippen LogP) is 4.60. The van der Waals surface area contributed by atoms with E-state index in [2.05, 4.69) is 4.98 Å². The molecule has 0 saturated carbocycles. The van der Waals surface area contributed by atoms with Crippen LogP contribution in [0.2, 0.25) is 5.02 Å². The van der Waals surface area contributed by atoms with Crippen LogP contribution in [0.5, 0.6) is 0 Å². The van der Waals surface area contributed by atoms with Crippen LogP contribution in [0.4, 0.5) is 5.69 Å². The Balaban J connectivity index is 1.68. The van der Waals surface area contributed by atoms with Crippen molar-refractivity contribution in [3.05, 3.63) is 101 Å². The van der Waals surface area contributed by atoms with Gasteiger partial charge in [-0.1, -0.05) is 66.2 Å². The van der Waals surface area contributed by atoms with Crippen molar-refractivity contribution in [1.82, 2.24) is 4.98 Å². The molecule has 0 aliphatic carbocycles. The number of aliphatic hydroxyl groups is 1. The molecular formula is C23H17ClN2O2. The highest BCUT2D eigenvalue weighted by Gasteiger charge is 2.51. The summed E-state index contributed by atoms with van der Waals surface area (Å²) in [5.41, 5.74) is 1.88. The topological polar surface area (TPSA) is 56.3 Å². The van der Waals surface area contributed by atoms with E-state index >= 15 is 0 Å². The molecule has 138 valence electrons. The molecule has 1 aromatic heterocycles. The lowest BCUT2D eigenvalue weighted by molar-refractivity contribution is -0.132. The van der Waals surface area contributed by atoms with E-state index in [1.807, 2.05) is 60.7 Å². The number of halogens is 1. The summed E-state index contributed by atoms with van der Waals surface area (Å²) in [6.45, 7) is 0.396. The predicted molar refractivity (Wildman–Crippen MR) is 110 cm³/mol. The van der Waals surface area contributed by atoms with E-state index in [4.69, 9.17) is 11.6 Å². The lowest BCUT2D eigenvalue weighted by atomic mass is 9.87. The maximum absolute atomic E-state index is 13.5. The summed E-state index contributed by atoms with van der Waals surface area (Å²) in [7, 11) is 0. The second-order valence-electron chi connectivity index (χ2n) is 7.00. The van der Waals surface area contributed by atoms with Crippen LogP contribution >= 0.6 is 11.6 Å². The fourth-order valence-corrected chi connectivity index (χ4v) is 4.19. The molecule has 3 aromatic carbocycles. The van der Waals surface area contributed by atoms with Gasteiger partial charge in [0.05, 0.1) is 12.2 Å². The van der Waals surface area contributed by atoms with Crippen molar-refractivity contribution in [3.63, 3.8) is 0 Å². The highest BCUT2D eigenvalue weighted by Crippen LogP contribution is 2.46. The third-order valence-electron chi connectivity index (χ3n) is 5.36. The monoisotopic (exact) mass is 388 g/mol. The van der Waals surface area contributed by atoms with Crippen molar-refractivity contribution < 1.29 is 9.90 Å². The van der Waals surface area contributed by atoms with Gasteiger partial charge >= 0.3 is 0 Å². The lowest BCUT2D eigenvalue weighted by Gasteiger charge is -2.23. The zero-order chi connectivity index (χ0) is 19.3. The van der Waals surface area contributed by atoms with Crippen molar-refractivity contribution in [1.29, 1.82) is 0 Å². The third kappa shape index (κ3) is 2.39. The summed E-state index contributed by atoms with van der Waals surface area (Å²) in [4.78, 5) is 18.3. The Kier molecular flexibility index (Phi) is 3.79. The molecule has 0 saturated heterocycles. The van der Waals surface area contributed by atoms with Gasteiger partial charge in [-0.3, -0.25) is 4.79 Å². The van der Waals surface area contributed by atoms with Crippen molar-refractivity contribution in [2.24, 2.45) is 0 Å². The summed E-state index contributed by atoms with van der Waals surface area (Å²) in [6, 6.07) is 22.6. The molecule has 1 atom stereocenters. The average Bonchev–Trinajstić information content (AvgIpc) is 3.23. The average molecular weight is 389 g/mol. The fourth-order valence-electron chi connectivity index (χ4n) is 4.02. The Bertz CT molecular complexity index is 1200. The molecule has 5 heteroatoms. The molecule has 0 fully saturated rings. The van der Waals surface area contributed by atoms with Crippen LogP contribution < -0.4 is 4.90 Å². The minimum Gasteiger partial charge on any atom is -0.372 e. The first kappa shape index (κ1) is 17.0. The number of hydrogen-bond acceptors (Lipinski definition) is 2. The number of hydrogen-bond donors (Lipinski definition) is 2. The summed E-state index contributed by atoms with van der Waals surface area (Å²) in [5, 5.41) is 13.1. The number of para-hydroxylation sites is 1. The number of amides is 1. The summed E-state index contributed by atoms with van der Waals surface area (Å²) < 4.78 is 0. The number of fused-ring (bicyclic) bond motifs is 2. The maximum Gasteiger partial charge on any atom is 0.268 e. The van der Waals surface area contributed by atoms with Crippen molar-refractivity contribution >= 4 is 34.1 Å². The van der Waals surface area contributed by atoms with Crippen molar-refractivity contribution in [2.75, 3.05) is 4.90 Å². The number of anilines is 1. The van der Waals surface area contributed by atoms with Gasteiger partial charge < -0.3 is 15.0 Å². The number of carbonyl (C=O) groups excluding carboxylic acids is 1.